The monoisotopic (exact) mass is 1530 g/mol. The lowest BCUT2D eigenvalue weighted by atomic mass is 9.80. The second-order valence-corrected chi connectivity index (χ2v) is 31.6. The van der Waals surface area contributed by atoms with Gasteiger partial charge in [-0.15, -0.1) is 6.58 Å². The number of aromatic nitrogens is 12. The first-order valence-corrected chi connectivity index (χ1v) is 36.0. The van der Waals surface area contributed by atoms with Gasteiger partial charge in [0.1, 0.15) is 89.1 Å². The van der Waals surface area contributed by atoms with Gasteiger partial charge in [0, 0.05) is 44.6 Å². The summed E-state index contributed by atoms with van der Waals surface area (Å²) in [5, 5.41) is 28.7. The summed E-state index contributed by atoms with van der Waals surface area (Å²) in [4.78, 5) is 38.5. The van der Waals surface area contributed by atoms with Crippen molar-refractivity contribution in [1.82, 2.24) is 58.6 Å². The van der Waals surface area contributed by atoms with E-state index in [-0.39, 0.29) is 60.8 Å². The Bertz CT molecular complexity index is 5270. The Balaban J connectivity index is 0.000000129. The molecule has 2 saturated heterocycles. The molecule has 2 unspecified atom stereocenters. The van der Waals surface area contributed by atoms with Gasteiger partial charge in [0.15, 0.2) is 11.6 Å². The zero-order valence-electron chi connectivity index (χ0n) is 57.9. The molecule has 12 atom stereocenters. The Morgan fingerprint density at radius 2 is 0.875 bits per heavy atom. The number of anilines is 6. The topological polar surface area (TPSA) is 364 Å². The Kier molecular flexibility index (Phi) is 19.9. The van der Waals surface area contributed by atoms with Crippen LogP contribution >= 0.6 is 50.7 Å². The highest BCUT2D eigenvalue weighted by Gasteiger charge is 2.61. The van der Waals surface area contributed by atoms with Crippen LogP contribution in [0.4, 0.5) is 34.9 Å². The van der Waals surface area contributed by atoms with Crippen LogP contribution in [-0.4, -0.2) is 117 Å². The van der Waals surface area contributed by atoms with Gasteiger partial charge < -0.3 is 77.3 Å². The van der Waals surface area contributed by atoms with Crippen molar-refractivity contribution in [3.05, 3.63) is 172 Å². The van der Waals surface area contributed by atoms with Crippen LogP contribution in [-0.2, 0) is 31.8 Å². The molecule has 3 saturated carbocycles. The third kappa shape index (κ3) is 13.9. The summed E-state index contributed by atoms with van der Waals surface area (Å²) in [6.07, 6.45) is 16.0. The maximum absolute atomic E-state index is 11.0. The molecule has 12 aromatic rings. The Morgan fingerprint density at radius 3 is 1.33 bits per heavy atom. The van der Waals surface area contributed by atoms with Crippen molar-refractivity contribution in [2.45, 2.75) is 167 Å². The van der Waals surface area contributed by atoms with Crippen molar-refractivity contribution in [3.8, 4) is 0 Å². The Labute approximate surface area is 625 Å². The number of halogens is 4. The zero-order valence-corrected chi connectivity index (χ0v) is 61.8. The van der Waals surface area contributed by atoms with Gasteiger partial charge in [0.2, 0.25) is 0 Å². The van der Waals surface area contributed by atoms with Gasteiger partial charge in [0.25, 0.3) is 0 Å². The van der Waals surface area contributed by atoms with Crippen LogP contribution in [0, 0.1) is 16.2 Å². The molecule has 0 bridgehead atoms. The lowest BCUT2D eigenvalue weighted by Gasteiger charge is -2.32. The molecule has 3 aromatic carbocycles. The van der Waals surface area contributed by atoms with Crippen LogP contribution < -0.4 is 34.4 Å². The van der Waals surface area contributed by atoms with E-state index in [1.807, 2.05) is 137 Å². The van der Waals surface area contributed by atoms with E-state index in [1.165, 1.54) is 24.5 Å². The molecule has 9 aromatic heterocycles. The summed E-state index contributed by atoms with van der Waals surface area (Å²) < 4.78 is 32.6. The van der Waals surface area contributed by atoms with Crippen molar-refractivity contribution in [2.24, 2.45) is 16.2 Å². The number of nitrogens with zero attached hydrogens (tertiary/aromatic N) is 12. The summed E-state index contributed by atoms with van der Waals surface area (Å²) in [6.45, 7) is 18.4. The third-order valence-corrected chi connectivity index (χ3v) is 22.8. The van der Waals surface area contributed by atoms with Crippen molar-refractivity contribution in [2.75, 3.05) is 34.4 Å². The molecule has 3 aliphatic carbocycles. The molecule has 24 nitrogen and oxygen atoms in total. The van der Waals surface area contributed by atoms with Crippen LogP contribution in [0.2, 0.25) is 15.1 Å². The summed E-state index contributed by atoms with van der Waals surface area (Å²) in [5.41, 5.74) is 41.8. The summed E-state index contributed by atoms with van der Waals surface area (Å²) in [6, 6.07) is 29.3. The van der Waals surface area contributed by atoms with E-state index < -0.39 is 29.2 Å². The van der Waals surface area contributed by atoms with Crippen LogP contribution in [0.5, 0.6) is 0 Å². The molecular weight excluding hydrogens is 1450 g/mol. The molecule has 5 aliphatic rings. The number of benzene rings is 3. The fourth-order valence-corrected chi connectivity index (χ4v) is 16.7. The minimum absolute atomic E-state index is 0. The first-order valence-electron chi connectivity index (χ1n) is 34.0. The minimum atomic E-state index is -0.910. The van der Waals surface area contributed by atoms with E-state index in [0.717, 1.165) is 102 Å². The Morgan fingerprint density at radius 1 is 0.490 bits per heavy atom. The number of ether oxygens (including phenoxy) is 4. The standard InChI is InChI=1S/C26H29ClN6O2.C23H25ClN6O2.C17H22N4O2.C9H6BrClN2.CH4/c1-25(2)34-20-19(33-9-7-16-22(28)30-13-31-24(16)33)12-26(3,21(20)35-25)8-6-14-4-5-15-11-17(27)23(29)32-18(15)10-14;1-23(6-4-12-2-3-13-9-15(24)21(26)29-16(13)8-12)10-17(18(31)19(23)32)30-7-5-14-20(25)27-11-28-22(14)30;1-5-17(4)8-11(12-13(17)23-16(2,3)22-12)21-7-6-10-14(18)19-9-20-15(10)21;10-6-2-1-5-3-7(11)9(12)13-8(5)4-6;/h4-5,7,9-11,13,19-21H,6,8,12H2,1-3H3,(H2,29,32)(H2,28,30,31);2-3,5,7-9,11,17-19,31-32H,4,6,10H2,1H3,(H2,26,29)(H2,25,27,28);5-7,9,11-13H,1,8H2,2-4H3,(H2,18,19,20);1-4H,(H2,12,13);1H4/t19?,20-,21-,26-;17-,18+,19+,23+;11?,12-,13-,17-;;/m010../s1. The lowest BCUT2D eigenvalue weighted by Crippen LogP contribution is -2.35. The quantitative estimate of drug-likeness (QED) is 0.0590. The van der Waals surface area contributed by atoms with Crippen LogP contribution in [0.15, 0.2) is 146 Å². The largest absolute Gasteiger partial charge is 0.390 e. The van der Waals surface area contributed by atoms with Gasteiger partial charge >= 0.3 is 0 Å². The first kappa shape index (κ1) is 73.7. The van der Waals surface area contributed by atoms with Crippen LogP contribution in [0.25, 0.3) is 65.8 Å². The van der Waals surface area contributed by atoms with Crippen molar-refractivity contribution in [3.63, 3.8) is 0 Å². The third-order valence-electron chi connectivity index (χ3n) is 21.4. The highest BCUT2D eigenvalue weighted by atomic mass is 79.9. The van der Waals surface area contributed by atoms with Gasteiger partial charge in [-0.1, -0.05) is 115 Å². The van der Waals surface area contributed by atoms with E-state index in [1.54, 1.807) is 0 Å². The number of nitrogens with two attached hydrogens (primary N) is 6. The number of hydrogen-bond donors (Lipinski definition) is 8. The molecule has 14 N–H and O–H groups in total. The van der Waals surface area contributed by atoms with Crippen LogP contribution in [0.1, 0.15) is 117 Å². The minimum Gasteiger partial charge on any atom is -0.390 e. The molecule has 28 heteroatoms. The Hall–Kier alpha value is -8.60. The number of aliphatic hydroxyl groups is 2. The summed E-state index contributed by atoms with van der Waals surface area (Å²) in [7, 11) is 0. The normalized spacial score (nSPS) is 26.4. The van der Waals surface area contributed by atoms with Crippen molar-refractivity contribution < 1.29 is 29.2 Å². The zero-order chi connectivity index (χ0) is 73.0. The lowest BCUT2D eigenvalue weighted by molar-refractivity contribution is -0.168. The number of hydrogen-bond acceptors (Lipinski definition) is 21. The smallest absolute Gasteiger partial charge is 0.163 e. The fraction of sp³-hybridized carbons (Fsp3) is 0.382. The van der Waals surface area contributed by atoms with Gasteiger partial charge in [-0.05, 0) is 155 Å². The van der Waals surface area contributed by atoms with Crippen molar-refractivity contribution >= 4 is 151 Å². The van der Waals surface area contributed by atoms with E-state index >= 15 is 0 Å². The molecule has 104 heavy (non-hydrogen) atoms. The van der Waals surface area contributed by atoms with Crippen LogP contribution in [0.3, 0.4) is 0 Å². The first-order chi connectivity index (χ1) is 48.9. The van der Waals surface area contributed by atoms with E-state index in [9.17, 15) is 10.2 Å². The maximum Gasteiger partial charge on any atom is 0.163 e. The molecule has 0 spiro atoms. The fourth-order valence-electron chi connectivity index (χ4n) is 15.9. The average molecular weight is 1530 g/mol. The predicted molar refractivity (Wildman–Crippen MR) is 416 cm³/mol. The highest BCUT2D eigenvalue weighted by Crippen LogP contribution is 2.57. The van der Waals surface area contributed by atoms with Gasteiger partial charge in [0.05, 0.1) is 84.2 Å². The molecule has 5 fully saturated rings. The number of rotatable bonds is 10. The molecule has 0 amide bonds. The molecule has 544 valence electrons. The second-order valence-electron chi connectivity index (χ2n) is 29.4. The summed E-state index contributed by atoms with van der Waals surface area (Å²) >= 11 is 21.4. The number of fused-ring (bicyclic) bond motifs is 8. The average Bonchev–Trinajstić information content (AvgIpc) is 1.56. The number of nitrogen functional groups attached to an aromatic ring is 6. The molecule has 0 radical (unpaired) electrons. The number of pyridine rings is 3. The molecule has 17 rings (SSSR count). The molecule has 2 aliphatic heterocycles. The van der Waals surface area contributed by atoms with Gasteiger partial charge in [-0.25, -0.2) is 44.9 Å². The highest BCUT2D eigenvalue weighted by molar-refractivity contribution is 9.10. The molecule has 11 heterocycles. The second kappa shape index (κ2) is 28.0. The van der Waals surface area contributed by atoms with E-state index in [4.69, 9.17) is 88.2 Å². The van der Waals surface area contributed by atoms with E-state index in [2.05, 4.69) is 109 Å². The van der Waals surface area contributed by atoms with E-state index in [0.29, 0.717) is 68.5 Å². The summed E-state index contributed by atoms with van der Waals surface area (Å²) in [5.74, 6) is 1.19. The van der Waals surface area contributed by atoms with Gasteiger partial charge in [-0.3, -0.25) is 0 Å². The molecular formula is C76H86BrCl3N18O6. The number of aryl methyl sites for hydroxylation is 2. The predicted octanol–water partition coefficient (Wildman–Crippen LogP) is 14.5. The van der Waals surface area contributed by atoms with Gasteiger partial charge in [-0.2, -0.15) is 0 Å². The maximum atomic E-state index is 11.0. The number of aliphatic hydroxyl groups excluding tert-OH is 2. The van der Waals surface area contributed by atoms with Crippen molar-refractivity contribution in [1.29, 1.82) is 0 Å². The SMILES string of the molecule is C.C=C[C@@]1(C)CC(n2ccc3c(N)ncnc32)[C@@H]2OC(C)(C)O[C@@H]21.CC1(C)O[C@H]2C(n3ccc4c(N)ncnc43)C[C@](C)(CCc3ccc4cc(Cl)c(N)nc4c3)[C@H]2O1.C[C@]1(CCc2ccc3cc(Cl)c(N)nc3c2)C[C@@H](n2ccc3c(N)ncnc32)[C@H](O)[C@@H]1O.Nc1nc2cc(Br)ccc2cc1Cl.